The maximum Gasteiger partial charge on any atom is 0.337 e. The maximum absolute atomic E-state index is 11.0. The molecule has 0 aliphatic carbocycles. The molecular weight excluding hydrogens is 256 g/mol. The fraction of sp³-hybridized carbons (Fsp3) is 0.462. The van der Waals surface area contributed by atoms with Gasteiger partial charge in [0.1, 0.15) is 0 Å². The SMILES string of the molecule is CCOc1cc(C(=O)O)c(Cl)cc1OCC(C)C. The summed E-state index contributed by atoms with van der Waals surface area (Å²) in [6.07, 6.45) is 0. The van der Waals surface area contributed by atoms with Gasteiger partial charge in [0.25, 0.3) is 0 Å². The molecule has 0 spiro atoms. The van der Waals surface area contributed by atoms with Gasteiger partial charge in [0.15, 0.2) is 11.5 Å². The third-order valence-corrected chi connectivity index (χ3v) is 2.45. The number of hydrogen-bond acceptors (Lipinski definition) is 3. The molecule has 0 radical (unpaired) electrons. The summed E-state index contributed by atoms with van der Waals surface area (Å²) >= 11 is 5.90. The van der Waals surface area contributed by atoms with E-state index in [1.165, 1.54) is 12.1 Å². The summed E-state index contributed by atoms with van der Waals surface area (Å²) < 4.78 is 10.9. The molecule has 1 rings (SSSR count). The fourth-order valence-electron chi connectivity index (χ4n) is 1.34. The molecule has 0 aliphatic heterocycles. The first-order valence-corrected chi connectivity index (χ1v) is 6.16. The lowest BCUT2D eigenvalue weighted by molar-refractivity contribution is 0.0696. The van der Waals surface area contributed by atoms with Crippen LogP contribution >= 0.6 is 11.6 Å². The van der Waals surface area contributed by atoms with Gasteiger partial charge >= 0.3 is 5.97 Å². The number of hydrogen-bond donors (Lipinski definition) is 1. The Labute approximate surface area is 111 Å². The highest BCUT2D eigenvalue weighted by molar-refractivity contribution is 6.33. The molecular formula is C13H17ClO4. The minimum absolute atomic E-state index is 0.0111. The van der Waals surface area contributed by atoms with Crippen LogP contribution in [0.3, 0.4) is 0 Å². The normalized spacial score (nSPS) is 10.5. The average Bonchev–Trinajstić information content (AvgIpc) is 2.28. The van der Waals surface area contributed by atoms with Crippen molar-refractivity contribution in [2.75, 3.05) is 13.2 Å². The highest BCUT2D eigenvalue weighted by Crippen LogP contribution is 2.34. The second kappa shape index (κ2) is 6.50. The van der Waals surface area contributed by atoms with Gasteiger partial charge < -0.3 is 14.6 Å². The largest absolute Gasteiger partial charge is 0.490 e. The Balaban J connectivity index is 3.07. The summed E-state index contributed by atoms with van der Waals surface area (Å²) in [6, 6.07) is 2.88. The van der Waals surface area contributed by atoms with Crippen molar-refractivity contribution in [3.8, 4) is 11.5 Å². The molecule has 18 heavy (non-hydrogen) atoms. The highest BCUT2D eigenvalue weighted by atomic mass is 35.5. The molecule has 0 bridgehead atoms. The van der Waals surface area contributed by atoms with Gasteiger partial charge in [-0.3, -0.25) is 0 Å². The Hall–Kier alpha value is -1.42. The van der Waals surface area contributed by atoms with E-state index in [4.69, 9.17) is 26.2 Å². The first-order chi connectivity index (χ1) is 8.45. The summed E-state index contributed by atoms with van der Waals surface area (Å²) in [5.74, 6) is 0.147. The van der Waals surface area contributed by atoms with Crippen LogP contribution in [-0.4, -0.2) is 24.3 Å². The van der Waals surface area contributed by atoms with Gasteiger partial charge in [-0.15, -0.1) is 0 Å². The standard InChI is InChI=1S/C13H17ClO4/c1-4-17-11-5-9(13(15)16)10(14)6-12(11)18-7-8(2)3/h5-6,8H,4,7H2,1-3H3,(H,15,16). The minimum atomic E-state index is -1.09. The van der Waals surface area contributed by atoms with Crippen molar-refractivity contribution in [1.82, 2.24) is 0 Å². The van der Waals surface area contributed by atoms with Crippen LogP contribution < -0.4 is 9.47 Å². The first kappa shape index (κ1) is 14.6. The van der Waals surface area contributed by atoms with Crippen molar-refractivity contribution >= 4 is 17.6 Å². The molecule has 0 unspecified atom stereocenters. The third kappa shape index (κ3) is 3.81. The van der Waals surface area contributed by atoms with E-state index in [9.17, 15) is 4.79 Å². The van der Waals surface area contributed by atoms with Gasteiger partial charge in [-0.25, -0.2) is 4.79 Å². The summed E-state index contributed by atoms with van der Waals surface area (Å²) in [7, 11) is 0. The number of carboxylic acid groups (broad SMARTS) is 1. The van der Waals surface area contributed by atoms with E-state index < -0.39 is 5.97 Å². The number of ether oxygens (including phenoxy) is 2. The smallest absolute Gasteiger partial charge is 0.337 e. The van der Waals surface area contributed by atoms with E-state index in [1.54, 1.807) is 0 Å². The van der Waals surface area contributed by atoms with Crippen molar-refractivity contribution < 1.29 is 19.4 Å². The predicted octanol–water partition coefficient (Wildman–Crippen LogP) is 3.47. The van der Waals surface area contributed by atoms with E-state index in [-0.39, 0.29) is 10.6 Å². The number of carboxylic acids is 1. The maximum atomic E-state index is 11.0. The van der Waals surface area contributed by atoms with E-state index >= 15 is 0 Å². The van der Waals surface area contributed by atoms with Crippen LogP contribution in [-0.2, 0) is 0 Å². The fourth-order valence-corrected chi connectivity index (χ4v) is 1.57. The number of rotatable bonds is 6. The second-order valence-corrected chi connectivity index (χ2v) is 4.63. The molecule has 0 amide bonds. The number of aromatic carboxylic acids is 1. The molecule has 4 nitrogen and oxygen atoms in total. The van der Waals surface area contributed by atoms with E-state index in [0.29, 0.717) is 30.6 Å². The third-order valence-electron chi connectivity index (χ3n) is 2.14. The van der Waals surface area contributed by atoms with Crippen LogP contribution in [0.5, 0.6) is 11.5 Å². The van der Waals surface area contributed by atoms with Crippen LogP contribution in [0.4, 0.5) is 0 Å². The Morgan fingerprint density at radius 1 is 1.33 bits per heavy atom. The van der Waals surface area contributed by atoms with Gasteiger partial charge in [-0.2, -0.15) is 0 Å². The van der Waals surface area contributed by atoms with Crippen LogP contribution in [0.25, 0.3) is 0 Å². The molecule has 0 heterocycles. The minimum Gasteiger partial charge on any atom is -0.490 e. The van der Waals surface area contributed by atoms with Gasteiger partial charge in [0.2, 0.25) is 0 Å². The van der Waals surface area contributed by atoms with Gasteiger partial charge in [0, 0.05) is 12.1 Å². The quantitative estimate of drug-likeness (QED) is 0.861. The summed E-state index contributed by atoms with van der Waals surface area (Å²) in [5.41, 5.74) is 0.0111. The molecule has 0 aromatic heterocycles. The molecule has 0 aliphatic rings. The zero-order valence-electron chi connectivity index (χ0n) is 10.7. The molecule has 1 aromatic rings. The van der Waals surface area contributed by atoms with Gasteiger partial charge in [0.05, 0.1) is 23.8 Å². The zero-order valence-corrected chi connectivity index (χ0v) is 11.5. The van der Waals surface area contributed by atoms with Crippen LogP contribution in [0.15, 0.2) is 12.1 Å². The lowest BCUT2D eigenvalue weighted by Crippen LogP contribution is -2.07. The molecule has 0 saturated carbocycles. The first-order valence-electron chi connectivity index (χ1n) is 5.78. The van der Waals surface area contributed by atoms with Crippen LogP contribution in [0.1, 0.15) is 31.1 Å². The summed E-state index contributed by atoms with van der Waals surface area (Å²) in [6.45, 7) is 6.81. The van der Waals surface area contributed by atoms with E-state index in [2.05, 4.69) is 0 Å². The Morgan fingerprint density at radius 2 is 1.94 bits per heavy atom. The summed E-state index contributed by atoms with van der Waals surface area (Å²) in [4.78, 5) is 11.0. The van der Waals surface area contributed by atoms with E-state index in [0.717, 1.165) is 0 Å². The molecule has 1 aromatic carbocycles. The number of benzene rings is 1. The Bertz CT molecular complexity index is 429. The average molecular weight is 273 g/mol. The molecule has 0 atom stereocenters. The van der Waals surface area contributed by atoms with Crippen molar-refractivity contribution in [1.29, 1.82) is 0 Å². The van der Waals surface area contributed by atoms with Gasteiger partial charge in [-0.1, -0.05) is 25.4 Å². The summed E-state index contributed by atoms with van der Waals surface area (Å²) in [5, 5.41) is 9.13. The number of halogens is 1. The lowest BCUT2D eigenvalue weighted by atomic mass is 10.2. The monoisotopic (exact) mass is 272 g/mol. The van der Waals surface area contributed by atoms with Crippen LogP contribution in [0, 0.1) is 5.92 Å². The van der Waals surface area contributed by atoms with Crippen molar-refractivity contribution in [3.63, 3.8) is 0 Å². The topological polar surface area (TPSA) is 55.8 Å². The second-order valence-electron chi connectivity index (χ2n) is 4.22. The molecule has 0 fully saturated rings. The predicted molar refractivity (Wildman–Crippen MR) is 69.9 cm³/mol. The van der Waals surface area contributed by atoms with Crippen molar-refractivity contribution in [2.24, 2.45) is 5.92 Å². The molecule has 0 saturated heterocycles. The zero-order chi connectivity index (χ0) is 13.7. The Kier molecular flexibility index (Phi) is 5.28. The molecule has 100 valence electrons. The van der Waals surface area contributed by atoms with E-state index in [1.807, 2.05) is 20.8 Å². The van der Waals surface area contributed by atoms with Gasteiger partial charge in [-0.05, 0) is 12.8 Å². The van der Waals surface area contributed by atoms with Crippen molar-refractivity contribution in [3.05, 3.63) is 22.7 Å². The molecule has 5 heteroatoms. The molecule has 1 N–H and O–H groups in total. The lowest BCUT2D eigenvalue weighted by Gasteiger charge is -2.14. The highest BCUT2D eigenvalue weighted by Gasteiger charge is 2.15. The Morgan fingerprint density at radius 3 is 2.44 bits per heavy atom. The number of carbonyl (C=O) groups is 1. The van der Waals surface area contributed by atoms with Crippen LogP contribution in [0.2, 0.25) is 5.02 Å². The van der Waals surface area contributed by atoms with Crippen molar-refractivity contribution in [2.45, 2.75) is 20.8 Å².